The summed E-state index contributed by atoms with van der Waals surface area (Å²) in [6.45, 7) is 11.8. The van der Waals surface area contributed by atoms with E-state index in [0.29, 0.717) is 5.92 Å². The molecule has 1 aliphatic rings. The number of allylic oxidation sites excluding steroid dienone is 3. The Morgan fingerprint density at radius 2 is 1.85 bits per heavy atom. The number of aliphatic imine (C=N–C) groups is 1. The van der Waals surface area contributed by atoms with Gasteiger partial charge in [-0.3, -0.25) is 4.99 Å². The number of nitrogens with zero attached hydrogens (tertiary/aromatic N) is 1. The number of unbranched alkanes of at least 4 members (excludes halogenated alkanes) is 1. The summed E-state index contributed by atoms with van der Waals surface area (Å²) in [6, 6.07) is 6.77. The molecule has 0 aromatic heterocycles. The third-order valence-electron chi connectivity index (χ3n) is 5.57. The first-order valence-electron chi connectivity index (χ1n) is 10.7. The van der Waals surface area contributed by atoms with E-state index in [1.165, 1.54) is 60.9 Å². The summed E-state index contributed by atoms with van der Waals surface area (Å²) in [5.41, 5.74) is 7.07. The van der Waals surface area contributed by atoms with Crippen LogP contribution in [0.5, 0.6) is 0 Å². The highest BCUT2D eigenvalue weighted by Gasteiger charge is 2.15. The van der Waals surface area contributed by atoms with Crippen LogP contribution in [0.15, 0.2) is 47.5 Å². The van der Waals surface area contributed by atoms with Gasteiger partial charge >= 0.3 is 0 Å². The SMILES string of the molecule is C=CC1CCCCN=C(c2c(CC)cccc2CC)/C=C(/CCCC)C1. The Hall–Kier alpha value is -1.63. The molecule has 0 N–H and O–H groups in total. The van der Waals surface area contributed by atoms with E-state index in [1.54, 1.807) is 5.57 Å². The van der Waals surface area contributed by atoms with Crippen molar-refractivity contribution in [3.05, 3.63) is 59.2 Å². The molecule has 0 bridgehead atoms. The van der Waals surface area contributed by atoms with Crippen molar-refractivity contribution in [2.75, 3.05) is 6.54 Å². The second-order valence-electron chi connectivity index (χ2n) is 7.53. The van der Waals surface area contributed by atoms with Crippen molar-refractivity contribution in [1.29, 1.82) is 0 Å². The lowest BCUT2D eigenvalue weighted by atomic mass is 9.88. The topological polar surface area (TPSA) is 12.4 Å². The zero-order valence-electron chi connectivity index (χ0n) is 17.2. The lowest BCUT2D eigenvalue weighted by Gasteiger charge is -2.19. The Bertz CT molecular complexity index is 613. The Kier molecular flexibility index (Phi) is 8.88. The van der Waals surface area contributed by atoms with Crippen molar-refractivity contribution >= 4 is 5.71 Å². The van der Waals surface area contributed by atoms with E-state index in [4.69, 9.17) is 4.99 Å². The Morgan fingerprint density at radius 1 is 1.12 bits per heavy atom. The predicted octanol–water partition coefficient (Wildman–Crippen LogP) is 7.09. The monoisotopic (exact) mass is 351 g/mol. The smallest absolute Gasteiger partial charge is 0.0651 e. The number of hydrogen-bond donors (Lipinski definition) is 0. The van der Waals surface area contributed by atoms with Crippen molar-refractivity contribution in [3.8, 4) is 0 Å². The quantitative estimate of drug-likeness (QED) is 0.465. The maximum absolute atomic E-state index is 5.10. The first kappa shape index (κ1) is 20.7. The van der Waals surface area contributed by atoms with Gasteiger partial charge in [0.1, 0.15) is 0 Å². The summed E-state index contributed by atoms with van der Waals surface area (Å²) in [7, 11) is 0. The van der Waals surface area contributed by atoms with Gasteiger partial charge in [0.15, 0.2) is 0 Å². The molecule has 1 unspecified atom stereocenters. The van der Waals surface area contributed by atoms with Gasteiger partial charge < -0.3 is 0 Å². The lowest BCUT2D eigenvalue weighted by molar-refractivity contribution is 0.532. The summed E-state index contributed by atoms with van der Waals surface area (Å²) in [5.74, 6) is 0.615. The van der Waals surface area contributed by atoms with Gasteiger partial charge in [-0.1, -0.05) is 63.5 Å². The van der Waals surface area contributed by atoms with E-state index < -0.39 is 0 Å². The Labute approximate surface area is 161 Å². The minimum atomic E-state index is 0.615. The average Bonchev–Trinajstić information content (AvgIpc) is 2.69. The molecule has 0 fully saturated rings. The van der Waals surface area contributed by atoms with Gasteiger partial charge in [0.05, 0.1) is 5.71 Å². The lowest BCUT2D eigenvalue weighted by Crippen LogP contribution is -2.11. The van der Waals surface area contributed by atoms with E-state index in [1.807, 2.05) is 0 Å². The number of benzene rings is 1. The minimum Gasteiger partial charge on any atom is -0.285 e. The first-order valence-corrected chi connectivity index (χ1v) is 10.7. The zero-order chi connectivity index (χ0) is 18.8. The van der Waals surface area contributed by atoms with Crippen LogP contribution in [0.1, 0.15) is 82.4 Å². The van der Waals surface area contributed by atoms with Crippen molar-refractivity contribution < 1.29 is 0 Å². The van der Waals surface area contributed by atoms with Gasteiger partial charge in [0.2, 0.25) is 0 Å². The van der Waals surface area contributed by atoms with Crippen LogP contribution in [0, 0.1) is 5.92 Å². The predicted molar refractivity (Wildman–Crippen MR) is 116 cm³/mol. The summed E-state index contributed by atoms with van der Waals surface area (Å²) in [5, 5.41) is 0. The van der Waals surface area contributed by atoms with E-state index in [-0.39, 0.29) is 0 Å². The van der Waals surface area contributed by atoms with Crippen LogP contribution >= 0.6 is 0 Å². The van der Waals surface area contributed by atoms with Crippen molar-refractivity contribution in [1.82, 2.24) is 0 Å². The Morgan fingerprint density at radius 3 is 2.46 bits per heavy atom. The Balaban J connectivity index is 2.50. The molecular weight excluding hydrogens is 314 g/mol. The maximum atomic E-state index is 5.10. The number of rotatable bonds is 7. The molecule has 142 valence electrons. The maximum Gasteiger partial charge on any atom is 0.0651 e. The molecule has 0 amide bonds. The first-order chi connectivity index (χ1) is 12.7. The van der Waals surface area contributed by atoms with Crippen LogP contribution in [0.4, 0.5) is 0 Å². The molecule has 0 spiro atoms. The van der Waals surface area contributed by atoms with E-state index >= 15 is 0 Å². The molecule has 0 aliphatic carbocycles. The van der Waals surface area contributed by atoms with Crippen LogP contribution < -0.4 is 0 Å². The molecule has 1 atom stereocenters. The second-order valence-corrected chi connectivity index (χ2v) is 7.53. The average molecular weight is 352 g/mol. The van der Waals surface area contributed by atoms with Gasteiger partial charge in [-0.15, -0.1) is 6.58 Å². The van der Waals surface area contributed by atoms with Crippen molar-refractivity contribution in [2.24, 2.45) is 10.9 Å². The number of aryl methyl sites for hydroxylation is 2. The zero-order valence-corrected chi connectivity index (χ0v) is 17.2. The van der Waals surface area contributed by atoms with Crippen LogP contribution in [-0.2, 0) is 12.8 Å². The van der Waals surface area contributed by atoms with Crippen LogP contribution in [-0.4, -0.2) is 12.3 Å². The molecule has 26 heavy (non-hydrogen) atoms. The van der Waals surface area contributed by atoms with Crippen LogP contribution in [0.25, 0.3) is 0 Å². The van der Waals surface area contributed by atoms with Gasteiger partial charge in [-0.25, -0.2) is 0 Å². The third kappa shape index (κ3) is 5.69. The normalized spacial score (nSPS) is 20.8. The fraction of sp³-hybridized carbons (Fsp3) is 0.560. The van der Waals surface area contributed by atoms with Gasteiger partial charge in [0.25, 0.3) is 0 Å². The molecule has 1 heterocycles. The molecular formula is C25H37N. The summed E-state index contributed by atoms with van der Waals surface area (Å²) >= 11 is 0. The minimum absolute atomic E-state index is 0.615. The molecule has 1 aromatic rings. The van der Waals surface area contributed by atoms with Gasteiger partial charge in [-0.2, -0.15) is 0 Å². The summed E-state index contributed by atoms with van der Waals surface area (Å²) in [4.78, 5) is 5.10. The largest absolute Gasteiger partial charge is 0.285 e. The molecule has 2 rings (SSSR count). The van der Waals surface area contributed by atoms with Crippen molar-refractivity contribution in [2.45, 2.75) is 78.6 Å². The summed E-state index contributed by atoms with van der Waals surface area (Å²) < 4.78 is 0. The fourth-order valence-electron chi connectivity index (χ4n) is 3.96. The van der Waals surface area contributed by atoms with Gasteiger partial charge in [0, 0.05) is 12.1 Å². The molecule has 0 saturated carbocycles. The van der Waals surface area contributed by atoms with Crippen LogP contribution in [0.3, 0.4) is 0 Å². The standard InChI is InChI=1S/C25H37N/c1-5-9-13-21-18-20(6-2)14-10-11-17-26-24(19-21)25-22(7-3)15-12-16-23(25)8-4/h6,12,15-16,19-20H,2,5,7-11,13-14,17-18H2,1,3-4H3/b21-19-,26-24?. The van der Waals surface area contributed by atoms with E-state index in [2.05, 4.69) is 57.7 Å². The molecule has 1 aliphatic heterocycles. The number of hydrogen-bond acceptors (Lipinski definition) is 1. The van der Waals surface area contributed by atoms with E-state index in [9.17, 15) is 0 Å². The fourth-order valence-corrected chi connectivity index (χ4v) is 3.96. The highest BCUT2D eigenvalue weighted by Crippen LogP contribution is 2.26. The molecule has 0 saturated heterocycles. The van der Waals surface area contributed by atoms with Crippen LogP contribution in [0.2, 0.25) is 0 Å². The highest BCUT2D eigenvalue weighted by molar-refractivity contribution is 6.11. The molecule has 1 aromatic carbocycles. The molecule has 1 nitrogen and oxygen atoms in total. The van der Waals surface area contributed by atoms with Gasteiger partial charge in [-0.05, 0) is 68.1 Å². The third-order valence-corrected chi connectivity index (χ3v) is 5.57. The highest BCUT2D eigenvalue weighted by atomic mass is 14.7. The molecule has 0 radical (unpaired) electrons. The molecule has 1 heteroatoms. The summed E-state index contributed by atoms with van der Waals surface area (Å²) in [6.07, 6.45) is 15.3. The van der Waals surface area contributed by atoms with Crippen molar-refractivity contribution in [3.63, 3.8) is 0 Å². The second kappa shape index (κ2) is 11.2. The van der Waals surface area contributed by atoms with E-state index in [0.717, 1.165) is 25.8 Å².